The number of hydrogen-bond acceptors (Lipinski definition) is 7. The SMILES string of the molecule is CC(C)(C)N[C@@H]1CC[C@H](N2CC[C@H](Nc3ncnc4ccc(C(F)(F)F)cc34)C2O)[C@H](N)C1. The van der Waals surface area contributed by atoms with Gasteiger partial charge in [-0.15, -0.1) is 0 Å². The van der Waals surface area contributed by atoms with Crippen molar-refractivity contribution in [1.29, 1.82) is 0 Å². The van der Waals surface area contributed by atoms with E-state index in [4.69, 9.17) is 5.73 Å². The molecule has 10 heteroatoms. The van der Waals surface area contributed by atoms with E-state index in [1.807, 2.05) is 4.90 Å². The monoisotopic (exact) mass is 466 g/mol. The number of rotatable bonds is 4. The first kappa shape index (κ1) is 24.1. The van der Waals surface area contributed by atoms with Crippen LogP contribution in [0.5, 0.6) is 0 Å². The summed E-state index contributed by atoms with van der Waals surface area (Å²) in [7, 11) is 0. The van der Waals surface area contributed by atoms with Crippen LogP contribution < -0.4 is 16.4 Å². The number of fused-ring (bicyclic) bond motifs is 1. The van der Waals surface area contributed by atoms with Gasteiger partial charge in [-0.05, 0) is 64.7 Å². The van der Waals surface area contributed by atoms with Crippen molar-refractivity contribution in [3.8, 4) is 0 Å². The van der Waals surface area contributed by atoms with Gasteiger partial charge < -0.3 is 21.5 Å². The molecule has 4 rings (SSSR count). The van der Waals surface area contributed by atoms with E-state index in [2.05, 4.69) is 41.4 Å². The van der Waals surface area contributed by atoms with Crippen molar-refractivity contribution in [2.24, 2.45) is 5.73 Å². The topological polar surface area (TPSA) is 99.3 Å². The van der Waals surface area contributed by atoms with Gasteiger partial charge in [0.2, 0.25) is 0 Å². The molecule has 2 heterocycles. The average molecular weight is 467 g/mol. The number of nitrogens with zero attached hydrogens (tertiary/aromatic N) is 3. The Bertz CT molecular complexity index is 979. The molecule has 1 unspecified atom stereocenters. The normalized spacial score (nSPS) is 29.5. The summed E-state index contributed by atoms with van der Waals surface area (Å²) in [6.07, 6.45) is -0.613. The standard InChI is InChI=1S/C23H33F3N6O/c1-22(2,3)31-14-5-7-19(16(27)11-14)32-9-8-18(21(32)33)30-20-15-10-13(23(24,25)26)4-6-17(15)28-12-29-20/h4,6,10,12,14,16,18-19,21,31,33H,5,7-9,11,27H2,1-3H3,(H,28,29,30)/t14-,16-,18+,19+,21?/m1/s1. The van der Waals surface area contributed by atoms with Crippen LogP contribution in [0.1, 0.15) is 52.0 Å². The Morgan fingerprint density at radius 1 is 1.12 bits per heavy atom. The number of halogens is 3. The molecule has 1 aromatic heterocycles. The zero-order valence-corrected chi connectivity index (χ0v) is 19.2. The summed E-state index contributed by atoms with van der Waals surface area (Å²) < 4.78 is 39.6. The van der Waals surface area contributed by atoms with Crippen molar-refractivity contribution in [2.75, 3.05) is 11.9 Å². The van der Waals surface area contributed by atoms with Gasteiger partial charge in [0.15, 0.2) is 0 Å². The highest BCUT2D eigenvalue weighted by Gasteiger charge is 2.42. The first-order valence-corrected chi connectivity index (χ1v) is 11.5. The molecule has 0 spiro atoms. The van der Waals surface area contributed by atoms with Gasteiger partial charge in [0.25, 0.3) is 0 Å². The summed E-state index contributed by atoms with van der Waals surface area (Å²) in [5.41, 5.74) is 6.20. The minimum absolute atomic E-state index is 0.0195. The number of nitrogens with one attached hydrogen (secondary N) is 2. The fraction of sp³-hybridized carbons (Fsp3) is 0.652. The van der Waals surface area contributed by atoms with E-state index in [0.717, 1.165) is 31.4 Å². The van der Waals surface area contributed by atoms with Crippen LogP contribution in [0, 0.1) is 0 Å². The second-order valence-corrected chi connectivity index (χ2v) is 10.3. The number of hydrogen-bond donors (Lipinski definition) is 4. The Hall–Kier alpha value is -2.01. The third-order valence-electron chi connectivity index (χ3n) is 6.61. The molecule has 33 heavy (non-hydrogen) atoms. The summed E-state index contributed by atoms with van der Waals surface area (Å²) >= 11 is 0. The largest absolute Gasteiger partial charge is 0.416 e. The first-order chi connectivity index (χ1) is 15.4. The highest BCUT2D eigenvalue weighted by atomic mass is 19.4. The Morgan fingerprint density at radius 2 is 1.88 bits per heavy atom. The molecule has 0 bridgehead atoms. The number of aromatic nitrogens is 2. The lowest BCUT2D eigenvalue weighted by Gasteiger charge is -2.42. The number of benzene rings is 1. The smallest absolute Gasteiger partial charge is 0.376 e. The van der Waals surface area contributed by atoms with E-state index in [1.165, 1.54) is 12.4 Å². The molecule has 1 saturated heterocycles. The number of aliphatic hydroxyl groups is 1. The number of nitrogens with two attached hydrogens (primary N) is 1. The van der Waals surface area contributed by atoms with Crippen LogP contribution in [0.2, 0.25) is 0 Å². The van der Waals surface area contributed by atoms with Crippen molar-refractivity contribution >= 4 is 16.7 Å². The maximum atomic E-state index is 13.2. The summed E-state index contributed by atoms with van der Waals surface area (Å²) in [6.45, 7) is 7.07. The molecule has 2 aromatic rings. The predicted octanol–water partition coefficient (Wildman–Crippen LogP) is 3.09. The highest BCUT2D eigenvalue weighted by molar-refractivity contribution is 5.89. The van der Waals surface area contributed by atoms with Gasteiger partial charge in [0, 0.05) is 35.6 Å². The van der Waals surface area contributed by atoms with Gasteiger partial charge in [-0.25, -0.2) is 9.97 Å². The summed E-state index contributed by atoms with van der Waals surface area (Å²) in [6, 6.07) is 3.37. The first-order valence-electron chi connectivity index (χ1n) is 11.5. The molecule has 7 nitrogen and oxygen atoms in total. The minimum Gasteiger partial charge on any atom is -0.376 e. The van der Waals surface area contributed by atoms with Gasteiger partial charge >= 0.3 is 6.18 Å². The summed E-state index contributed by atoms with van der Waals surface area (Å²) in [5.74, 6) is 0.291. The Labute approximate surface area is 192 Å². The Balaban J connectivity index is 1.46. The van der Waals surface area contributed by atoms with Crippen LogP contribution >= 0.6 is 0 Å². The quantitative estimate of drug-likeness (QED) is 0.550. The fourth-order valence-corrected chi connectivity index (χ4v) is 5.18. The predicted molar refractivity (Wildman–Crippen MR) is 122 cm³/mol. The lowest BCUT2D eigenvalue weighted by Crippen LogP contribution is -2.58. The molecule has 1 aliphatic carbocycles. The van der Waals surface area contributed by atoms with E-state index in [0.29, 0.717) is 30.3 Å². The molecule has 5 atom stereocenters. The van der Waals surface area contributed by atoms with Gasteiger partial charge in [0.05, 0.1) is 17.1 Å². The van der Waals surface area contributed by atoms with Crippen molar-refractivity contribution in [1.82, 2.24) is 20.2 Å². The van der Waals surface area contributed by atoms with E-state index in [9.17, 15) is 18.3 Å². The third-order valence-corrected chi connectivity index (χ3v) is 6.61. The van der Waals surface area contributed by atoms with Crippen molar-refractivity contribution in [2.45, 2.75) is 88.6 Å². The molecular formula is C23H33F3N6O. The molecule has 5 N–H and O–H groups in total. The van der Waals surface area contributed by atoms with Gasteiger partial charge in [-0.3, -0.25) is 4.90 Å². The lowest BCUT2D eigenvalue weighted by atomic mass is 9.85. The molecule has 2 fully saturated rings. The molecule has 1 aliphatic heterocycles. The second-order valence-electron chi connectivity index (χ2n) is 10.3. The molecule has 1 saturated carbocycles. The van der Waals surface area contributed by atoms with Gasteiger partial charge in [-0.1, -0.05) is 0 Å². The summed E-state index contributed by atoms with van der Waals surface area (Å²) in [5, 5.41) is 18.1. The molecule has 182 valence electrons. The van der Waals surface area contributed by atoms with E-state index >= 15 is 0 Å². The van der Waals surface area contributed by atoms with Crippen LogP contribution in [-0.2, 0) is 6.18 Å². The zero-order valence-electron chi connectivity index (χ0n) is 19.2. The number of anilines is 1. The Kier molecular flexibility index (Phi) is 6.56. The lowest BCUT2D eigenvalue weighted by molar-refractivity contribution is -0.137. The van der Waals surface area contributed by atoms with Gasteiger partial charge in [0.1, 0.15) is 18.4 Å². The maximum Gasteiger partial charge on any atom is 0.416 e. The van der Waals surface area contributed by atoms with Crippen molar-refractivity contribution < 1.29 is 18.3 Å². The molecule has 2 aliphatic rings. The summed E-state index contributed by atoms with van der Waals surface area (Å²) in [4.78, 5) is 10.3. The van der Waals surface area contributed by atoms with E-state index in [1.54, 1.807) is 0 Å². The van der Waals surface area contributed by atoms with Gasteiger partial charge in [-0.2, -0.15) is 13.2 Å². The number of likely N-dealkylation sites (tertiary alicyclic amines) is 1. The fourth-order valence-electron chi connectivity index (χ4n) is 5.18. The van der Waals surface area contributed by atoms with Crippen molar-refractivity contribution in [3.05, 3.63) is 30.1 Å². The average Bonchev–Trinajstić information content (AvgIpc) is 3.06. The van der Waals surface area contributed by atoms with E-state index in [-0.39, 0.29) is 29.1 Å². The zero-order chi connectivity index (χ0) is 24.0. The van der Waals surface area contributed by atoms with E-state index < -0.39 is 18.0 Å². The number of alkyl halides is 3. The maximum absolute atomic E-state index is 13.2. The minimum atomic E-state index is -4.46. The third kappa shape index (κ3) is 5.40. The van der Waals surface area contributed by atoms with Crippen LogP contribution in [0.4, 0.5) is 19.0 Å². The highest BCUT2D eigenvalue weighted by Crippen LogP contribution is 2.34. The Morgan fingerprint density at radius 3 is 2.55 bits per heavy atom. The van der Waals surface area contributed by atoms with Crippen LogP contribution in [0.3, 0.4) is 0 Å². The van der Waals surface area contributed by atoms with Crippen LogP contribution in [0.25, 0.3) is 10.9 Å². The molecule has 1 aromatic carbocycles. The molecule has 0 radical (unpaired) electrons. The van der Waals surface area contributed by atoms with Crippen molar-refractivity contribution in [3.63, 3.8) is 0 Å². The number of aliphatic hydroxyl groups excluding tert-OH is 1. The second kappa shape index (κ2) is 8.98. The molecular weight excluding hydrogens is 433 g/mol. The van der Waals surface area contributed by atoms with Crippen LogP contribution in [0.15, 0.2) is 24.5 Å². The molecule has 0 amide bonds. The van der Waals surface area contributed by atoms with Crippen LogP contribution in [-0.4, -0.2) is 62.5 Å².